The van der Waals surface area contributed by atoms with E-state index in [0.29, 0.717) is 0 Å². The molecule has 2 rings (SSSR count). The van der Waals surface area contributed by atoms with Crippen LogP contribution in [0.15, 0.2) is 24.3 Å². The number of rotatable bonds is 2. The van der Waals surface area contributed by atoms with Gasteiger partial charge < -0.3 is 5.32 Å². The summed E-state index contributed by atoms with van der Waals surface area (Å²) >= 11 is 0. The van der Waals surface area contributed by atoms with Crippen LogP contribution in [0.5, 0.6) is 0 Å². The molecule has 4 unspecified atom stereocenters. The van der Waals surface area contributed by atoms with Gasteiger partial charge in [-0.1, -0.05) is 12.1 Å². The lowest BCUT2D eigenvalue weighted by molar-refractivity contribution is 0.372. The molecule has 76 valence electrons. The van der Waals surface area contributed by atoms with Crippen LogP contribution in [0.3, 0.4) is 0 Å². The van der Waals surface area contributed by atoms with E-state index in [2.05, 4.69) is 5.32 Å². The van der Waals surface area contributed by atoms with Crippen LogP contribution in [-0.4, -0.2) is 13.0 Å². The molecular formula is C12H16FN. The highest BCUT2D eigenvalue weighted by Gasteiger charge is 2.13. The molecule has 1 nitrogen and oxygen atoms in total. The zero-order chi connectivity index (χ0) is 16.0. The second-order valence-corrected chi connectivity index (χ2v) is 2.92. The third kappa shape index (κ3) is 2.55. The van der Waals surface area contributed by atoms with Gasteiger partial charge in [0.25, 0.3) is 0 Å². The van der Waals surface area contributed by atoms with Gasteiger partial charge in [-0.15, -0.1) is 0 Å². The Morgan fingerprint density at radius 3 is 2.71 bits per heavy atom. The van der Waals surface area contributed by atoms with Gasteiger partial charge in [0.2, 0.25) is 0 Å². The van der Waals surface area contributed by atoms with E-state index in [9.17, 15) is 4.39 Å². The van der Waals surface area contributed by atoms with Gasteiger partial charge in [-0.05, 0) is 55.8 Å². The summed E-state index contributed by atoms with van der Waals surface area (Å²) < 4.78 is 69.0. The minimum Gasteiger partial charge on any atom is -0.317 e. The van der Waals surface area contributed by atoms with Crippen molar-refractivity contribution in [1.82, 2.24) is 5.32 Å². The largest absolute Gasteiger partial charge is 0.317 e. The maximum Gasteiger partial charge on any atom is 0.123 e. The third-order valence-electron chi connectivity index (χ3n) is 1.85. The van der Waals surface area contributed by atoms with Gasteiger partial charge in [-0.25, -0.2) is 4.39 Å². The maximum absolute atomic E-state index is 13.0. The minimum atomic E-state index is -2.46. The summed E-state index contributed by atoms with van der Waals surface area (Å²) in [4.78, 5) is 0. The van der Waals surface area contributed by atoms with E-state index in [0.717, 1.165) is 12.1 Å². The Labute approximate surface area is 94.2 Å². The SMILES string of the molecule is [2H]C1NC([2H])C([2H])C([2H])(C([2H])([2H])c2ccc(F)cc2)C1[2H]. The molecule has 1 fully saturated rings. The second-order valence-electron chi connectivity index (χ2n) is 2.92. The van der Waals surface area contributed by atoms with Crippen molar-refractivity contribution in [1.29, 1.82) is 0 Å². The van der Waals surface area contributed by atoms with Crippen molar-refractivity contribution in [3.8, 4) is 0 Å². The first kappa shape index (κ1) is 4.31. The summed E-state index contributed by atoms with van der Waals surface area (Å²) in [6.07, 6.45) is -5.57. The van der Waals surface area contributed by atoms with Crippen LogP contribution in [0.1, 0.15) is 28.0 Å². The molecule has 0 bridgehead atoms. The summed E-state index contributed by atoms with van der Waals surface area (Å²) in [5, 5.41) is 2.38. The van der Waals surface area contributed by atoms with Crippen molar-refractivity contribution >= 4 is 0 Å². The standard InChI is InChI=1S/C12H16FN/c13-12-3-1-10(2-4-12)9-11-5-7-14-8-6-11/h1-4,11,14H,5-9H2/i5D,6D,7D,8D,9D2,11D. The number of piperidine rings is 1. The van der Waals surface area contributed by atoms with Crippen LogP contribution in [0.4, 0.5) is 4.39 Å². The summed E-state index contributed by atoms with van der Waals surface area (Å²) in [6.45, 7) is -2.66. The Hall–Kier alpha value is -0.890. The van der Waals surface area contributed by atoms with Crippen LogP contribution in [0, 0.1) is 11.7 Å². The van der Waals surface area contributed by atoms with Crippen molar-refractivity contribution in [3.63, 3.8) is 0 Å². The molecule has 0 aliphatic carbocycles. The molecule has 1 aliphatic heterocycles. The monoisotopic (exact) mass is 200 g/mol. The lowest BCUT2D eigenvalue weighted by Crippen LogP contribution is -2.28. The Morgan fingerprint density at radius 2 is 2.07 bits per heavy atom. The van der Waals surface area contributed by atoms with Crippen LogP contribution < -0.4 is 5.32 Å². The molecule has 1 heterocycles. The highest BCUT2D eigenvalue weighted by Crippen LogP contribution is 2.17. The van der Waals surface area contributed by atoms with Gasteiger partial charge >= 0.3 is 0 Å². The van der Waals surface area contributed by atoms with E-state index >= 15 is 0 Å². The molecule has 14 heavy (non-hydrogen) atoms. The molecule has 1 aromatic rings. The molecule has 0 saturated carbocycles. The van der Waals surface area contributed by atoms with Crippen LogP contribution in [0.25, 0.3) is 0 Å². The average Bonchev–Trinajstić information content (AvgIpc) is 2.43. The number of hydrogen-bond donors (Lipinski definition) is 1. The molecule has 0 aromatic heterocycles. The van der Waals surface area contributed by atoms with Gasteiger partial charge in [0.15, 0.2) is 0 Å². The lowest BCUT2D eigenvalue weighted by Gasteiger charge is -2.22. The van der Waals surface area contributed by atoms with Crippen molar-refractivity contribution < 1.29 is 14.0 Å². The maximum atomic E-state index is 13.0. The molecular weight excluding hydrogens is 177 g/mol. The minimum absolute atomic E-state index is 0.0327. The Kier molecular flexibility index (Phi) is 1.40. The fraction of sp³-hybridized carbons (Fsp3) is 0.500. The molecule has 0 radical (unpaired) electrons. The molecule has 0 spiro atoms. The fourth-order valence-corrected chi connectivity index (χ4v) is 1.17. The summed E-state index contributed by atoms with van der Waals surface area (Å²) in [7, 11) is 0. The van der Waals surface area contributed by atoms with Crippen molar-refractivity contribution in [3.05, 3.63) is 35.6 Å². The fourth-order valence-electron chi connectivity index (χ4n) is 1.17. The molecule has 2 heteroatoms. The predicted octanol–water partition coefficient (Wildman–Crippen LogP) is 2.37. The van der Waals surface area contributed by atoms with Crippen molar-refractivity contribution in [2.45, 2.75) is 19.2 Å². The van der Waals surface area contributed by atoms with Gasteiger partial charge in [0.1, 0.15) is 5.82 Å². The summed E-state index contributed by atoms with van der Waals surface area (Å²) in [6, 6.07) is 4.44. The van der Waals surface area contributed by atoms with Crippen LogP contribution >= 0.6 is 0 Å². The van der Waals surface area contributed by atoms with E-state index in [-0.39, 0.29) is 5.56 Å². The number of hydrogen-bond acceptors (Lipinski definition) is 1. The predicted molar refractivity (Wildman–Crippen MR) is 55.7 cm³/mol. The van der Waals surface area contributed by atoms with Gasteiger partial charge in [-0.3, -0.25) is 0 Å². The third-order valence-corrected chi connectivity index (χ3v) is 1.85. The average molecular weight is 200 g/mol. The van der Waals surface area contributed by atoms with Gasteiger partial charge in [-0.2, -0.15) is 0 Å². The smallest absolute Gasteiger partial charge is 0.123 e. The van der Waals surface area contributed by atoms with E-state index < -0.39 is 43.9 Å². The first-order chi connectivity index (χ1) is 9.62. The zero-order valence-electron chi connectivity index (χ0n) is 14.5. The topological polar surface area (TPSA) is 12.0 Å². The first-order valence-corrected chi connectivity index (χ1v) is 4.33. The lowest BCUT2D eigenvalue weighted by atomic mass is 9.91. The van der Waals surface area contributed by atoms with Crippen LogP contribution in [-0.2, 0) is 6.37 Å². The van der Waals surface area contributed by atoms with E-state index in [1.54, 1.807) is 0 Å². The molecule has 1 N–H and O–H groups in total. The highest BCUT2D eigenvalue weighted by molar-refractivity contribution is 5.16. The van der Waals surface area contributed by atoms with E-state index in [4.69, 9.17) is 9.60 Å². The number of benzene rings is 1. The number of halogens is 1. The number of nitrogens with one attached hydrogen (secondary N) is 1. The zero-order valence-corrected chi connectivity index (χ0v) is 7.50. The first-order valence-electron chi connectivity index (χ1n) is 8.14. The van der Waals surface area contributed by atoms with Crippen molar-refractivity contribution in [2.24, 2.45) is 5.89 Å². The van der Waals surface area contributed by atoms with Crippen LogP contribution in [0.2, 0.25) is 0 Å². The molecule has 1 saturated heterocycles. The Bertz CT molecular complexity index is 495. The van der Waals surface area contributed by atoms with Crippen molar-refractivity contribution in [2.75, 3.05) is 13.0 Å². The van der Waals surface area contributed by atoms with Gasteiger partial charge in [0.05, 0.1) is 0 Å². The van der Waals surface area contributed by atoms with E-state index in [1.807, 2.05) is 0 Å². The second kappa shape index (κ2) is 4.56. The molecule has 1 aromatic carbocycles. The quantitative estimate of drug-likeness (QED) is 0.773. The van der Waals surface area contributed by atoms with E-state index in [1.165, 1.54) is 12.1 Å². The highest BCUT2D eigenvalue weighted by atomic mass is 19.1. The molecule has 1 aliphatic rings. The van der Waals surface area contributed by atoms with Gasteiger partial charge in [0, 0.05) is 9.60 Å². The Morgan fingerprint density at radius 1 is 1.43 bits per heavy atom. The summed E-state index contributed by atoms with van der Waals surface area (Å²) in [5.74, 6) is -2.87. The Balaban J connectivity index is 2.50. The molecule has 4 atom stereocenters. The normalized spacial score (nSPS) is 56.8. The summed E-state index contributed by atoms with van der Waals surface area (Å²) in [5.41, 5.74) is -0.0327. The molecule has 0 amide bonds.